The summed E-state index contributed by atoms with van der Waals surface area (Å²) < 4.78 is 12.9. The van der Waals surface area contributed by atoms with E-state index in [-0.39, 0.29) is 24.5 Å². The fraction of sp³-hybridized carbons (Fsp3) is 0.150. The van der Waals surface area contributed by atoms with Gasteiger partial charge in [0, 0.05) is 35.0 Å². The highest BCUT2D eigenvalue weighted by Gasteiger charge is 2.10. The van der Waals surface area contributed by atoms with Gasteiger partial charge in [0.2, 0.25) is 5.91 Å². The van der Waals surface area contributed by atoms with E-state index < -0.39 is 5.82 Å². The second kappa shape index (κ2) is 8.01. The molecule has 0 atom stereocenters. The molecule has 0 aliphatic heterocycles. The molecule has 3 aromatic rings. The Labute approximate surface area is 154 Å². The first-order chi connectivity index (χ1) is 12.5. The average molecular weight is 368 g/mol. The number of ketones is 1. The van der Waals surface area contributed by atoms with Gasteiger partial charge in [0.25, 0.3) is 0 Å². The molecule has 132 valence electrons. The van der Waals surface area contributed by atoms with Crippen molar-refractivity contribution in [2.45, 2.75) is 19.8 Å². The minimum Gasteiger partial charge on any atom is -0.326 e. The number of carbonyl (C=O) groups is 2. The summed E-state index contributed by atoms with van der Waals surface area (Å²) in [7, 11) is 0. The summed E-state index contributed by atoms with van der Waals surface area (Å²) in [4.78, 5) is 28.5. The number of rotatable bonds is 6. The number of carbonyl (C=O) groups excluding carboxylic acids is 2. The van der Waals surface area contributed by atoms with Crippen molar-refractivity contribution in [2.24, 2.45) is 0 Å². The molecule has 0 spiro atoms. The van der Waals surface area contributed by atoms with E-state index in [1.54, 1.807) is 11.3 Å². The lowest BCUT2D eigenvalue weighted by Crippen LogP contribution is -2.13. The third kappa shape index (κ3) is 4.61. The molecule has 26 heavy (non-hydrogen) atoms. The SMILES string of the molecule is Cc1nc(-c2ccc(NC(=O)CCC(=O)c3ccc(F)cc3)cc2)cs1. The number of thiazole rings is 1. The first kappa shape index (κ1) is 17.9. The van der Waals surface area contributed by atoms with E-state index >= 15 is 0 Å². The standard InChI is InChI=1S/C20H17FN2O2S/c1-13-22-18(12-26-13)14-4-8-17(9-5-14)23-20(25)11-10-19(24)15-2-6-16(21)7-3-15/h2-9,12H,10-11H2,1H3,(H,23,25). The molecule has 4 nitrogen and oxygen atoms in total. The Hall–Kier alpha value is -2.86. The molecule has 0 fully saturated rings. The summed E-state index contributed by atoms with van der Waals surface area (Å²) in [6.45, 7) is 1.95. The van der Waals surface area contributed by atoms with Gasteiger partial charge in [-0.3, -0.25) is 9.59 Å². The van der Waals surface area contributed by atoms with Crippen molar-refractivity contribution in [2.75, 3.05) is 5.32 Å². The molecular formula is C20H17FN2O2S. The maximum Gasteiger partial charge on any atom is 0.224 e. The van der Waals surface area contributed by atoms with E-state index in [1.165, 1.54) is 24.3 Å². The lowest BCUT2D eigenvalue weighted by molar-refractivity contribution is -0.116. The number of aromatic nitrogens is 1. The zero-order valence-electron chi connectivity index (χ0n) is 14.2. The molecule has 0 aliphatic rings. The number of halogens is 1. The van der Waals surface area contributed by atoms with Crippen LogP contribution in [0.25, 0.3) is 11.3 Å². The summed E-state index contributed by atoms with van der Waals surface area (Å²) in [5.41, 5.74) is 2.97. The Morgan fingerprint density at radius 3 is 2.35 bits per heavy atom. The molecule has 0 radical (unpaired) electrons. The van der Waals surface area contributed by atoms with Crippen molar-refractivity contribution in [1.29, 1.82) is 0 Å². The Bertz CT molecular complexity index is 918. The number of nitrogens with zero attached hydrogens (tertiary/aromatic N) is 1. The van der Waals surface area contributed by atoms with E-state index in [2.05, 4.69) is 10.3 Å². The van der Waals surface area contributed by atoms with Gasteiger partial charge < -0.3 is 5.32 Å². The minimum atomic E-state index is -0.393. The minimum absolute atomic E-state index is 0.0727. The van der Waals surface area contributed by atoms with Crippen LogP contribution in [0.2, 0.25) is 0 Å². The van der Waals surface area contributed by atoms with Crippen LogP contribution in [0, 0.1) is 12.7 Å². The smallest absolute Gasteiger partial charge is 0.224 e. The summed E-state index contributed by atoms with van der Waals surface area (Å²) in [6, 6.07) is 12.7. The number of nitrogens with one attached hydrogen (secondary N) is 1. The summed E-state index contributed by atoms with van der Waals surface area (Å²) >= 11 is 1.59. The quantitative estimate of drug-likeness (QED) is 0.632. The predicted molar refractivity (Wildman–Crippen MR) is 101 cm³/mol. The van der Waals surface area contributed by atoms with Gasteiger partial charge in [-0.25, -0.2) is 9.37 Å². The van der Waals surface area contributed by atoms with Crippen LogP contribution in [0.15, 0.2) is 53.9 Å². The number of anilines is 1. The molecule has 1 amide bonds. The second-order valence-corrected chi connectivity index (χ2v) is 6.87. The van der Waals surface area contributed by atoms with Gasteiger partial charge in [-0.2, -0.15) is 0 Å². The fourth-order valence-electron chi connectivity index (χ4n) is 2.45. The Balaban J connectivity index is 1.53. The molecular weight excluding hydrogens is 351 g/mol. The van der Waals surface area contributed by atoms with Gasteiger partial charge in [0.1, 0.15) is 5.82 Å². The van der Waals surface area contributed by atoms with Crippen LogP contribution in [-0.2, 0) is 4.79 Å². The van der Waals surface area contributed by atoms with E-state index in [0.29, 0.717) is 11.3 Å². The Morgan fingerprint density at radius 1 is 1.04 bits per heavy atom. The molecule has 6 heteroatoms. The number of Topliss-reactive ketones (excluding diaryl/α,β-unsaturated/α-hetero) is 1. The normalized spacial score (nSPS) is 10.5. The first-order valence-electron chi connectivity index (χ1n) is 8.12. The topological polar surface area (TPSA) is 59.1 Å². The zero-order chi connectivity index (χ0) is 18.5. The van der Waals surface area contributed by atoms with Crippen LogP contribution in [0.4, 0.5) is 10.1 Å². The molecule has 0 saturated carbocycles. The van der Waals surface area contributed by atoms with Gasteiger partial charge in [-0.1, -0.05) is 12.1 Å². The van der Waals surface area contributed by atoms with Crippen LogP contribution in [-0.4, -0.2) is 16.7 Å². The van der Waals surface area contributed by atoms with Gasteiger partial charge in [-0.15, -0.1) is 11.3 Å². The van der Waals surface area contributed by atoms with Crippen molar-refractivity contribution in [3.05, 3.63) is 70.3 Å². The summed E-state index contributed by atoms with van der Waals surface area (Å²) in [5, 5.41) is 5.77. The third-order valence-electron chi connectivity index (χ3n) is 3.83. The maximum atomic E-state index is 12.9. The van der Waals surface area contributed by atoms with Crippen LogP contribution in [0.3, 0.4) is 0 Å². The summed E-state index contributed by atoms with van der Waals surface area (Å²) in [6.07, 6.45) is 0.150. The molecule has 1 aromatic heterocycles. The highest BCUT2D eigenvalue weighted by atomic mass is 32.1. The zero-order valence-corrected chi connectivity index (χ0v) is 15.0. The molecule has 3 rings (SSSR count). The van der Waals surface area contributed by atoms with Crippen LogP contribution in [0.1, 0.15) is 28.2 Å². The van der Waals surface area contributed by atoms with Gasteiger partial charge in [0.05, 0.1) is 10.7 Å². The highest BCUT2D eigenvalue weighted by molar-refractivity contribution is 7.09. The summed E-state index contributed by atoms with van der Waals surface area (Å²) in [5.74, 6) is -0.817. The largest absolute Gasteiger partial charge is 0.326 e. The molecule has 0 unspecified atom stereocenters. The van der Waals surface area contributed by atoms with E-state index in [9.17, 15) is 14.0 Å². The fourth-order valence-corrected chi connectivity index (χ4v) is 3.07. The Kier molecular flexibility index (Phi) is 5.53. The molecule has 0 bridgehead atoms. The second-order valence-electron chi connectivity index (χ2n) is 5.81. The number of amides is 1. The van der Waals surface area contributed by atoms with Gasteiger partial charge >= 0.3 is 0 Å². The number of aryl methyl sites for hydroxylation is 1. The van der Waals surface area contributed by atoms with Crippen molar-refractivity contribution in [1.82, 2.24) is 4.98 Å². The highest BCUT2D eigenvalue weighted by Crippen LogP contribution is 2.23. The predicted octanol–water partition coefficient (Wildman–Crippen LogP) is 4.86. The van der Waals surface area contributed by atoms with E-state index in [0.717, 1.165) is 16.3 Å². The lowest BCUT2D eigenvalue weighted by Gasteiger charge is -2.06. The average Bonchev–Trinajstić information content (AvgIpc) is 3.07. The van der Waals surface area contributed by atoms with Gasteiger partial charge in [0.15, 0.2) is 5.78 Å². The first-order valence-corrected chi connectivity index (χ1v) is 9.00. The van der Waals surface area contributed by atoms with Gasteiger partial charge in [-0.05, 0) is 43.3 Å². The van der Waals surface area contributed by atoms with Crippen molar-refractivity contribution in [3.8, 4) is 11.3 Å². The van der Waals surface area contributed by atoms with E-state index in [1.807, 2.05) is 36.6 Å². The monoisotopic (exact) mass is 368 g/mol. The number of hydrogen-bond acceptors (Lipinski definition) is 4. The van der Waals surface area contributed by atoms with Crippen LogP contribution < -0.4 is 5.32 Å². The van der Waals surface area contributed by atoms with Crippen molar-refractivity contribution < 1.29 is 14.0 Å². The molecule has 0 aliphatic carbocycles. The Morgan fingerprint density at radius 2 is 1.73 bits per heavy atom. The van der Waals surface area contributed by atoms with Crippen molar-refractivity contribution in [3.63, 3.8) is 0 Å². The van der Waals surface area contributed by atoms with Crippen molar-refractivity contribution >= 4 is 28.7 Å². The third-order valence-corrected chi connectivity index (χ3v) is 4.60. The lowest BCUT2D eigenvalue weighted by atomic mass is 10.1. The molecule has 1 heterocycles. The van der Waals surface area contributed by atoms with E-state index in [4.69, 9.17) is 0 Å². The molecule has 1 N–H and O–H groups in total. The number of hydrogen-bond donors (Lipinski definition) is 1. The van der Waals surface area contributed by atoms with Crippen LogP contribution >= 0.6 is 11.3 Å². The maximum absolute atomic E-state index is 12.9. The number of benzene rings is 2. The molecule has 2 aromatic carbocycles. The molecule has 0 saturated heterocycles. The van der Waals surface area contributed by atoms with Crippen LogP contribution in [0.5, 0.6) is 0 Å².